The predicted octanol–water partition coefficient (Wildman–Crippen LogP) is 5.28. The van der Waals surface area contributed by atoms with Crippen molar-refractivity contribution in [1.29, 1.82) is 0 Å². The van der Waals surface area contributed by atoms with E-state index in [-0.39, 0.29) is 18.1 Å². The molecule has 0 bridgehead atoms. The molecule has 1 aromatic heterocycles. The smallest absolute Gasteiger partial charge is 0.291 e. The summed E-state index contributed by atoms with van der Waals surface area (Å²) < 4.78 is 11.4. The first-order valence-electron chi connectivity index (χ1n) is 8.90. The minimum absolute atomic E-state index is 0.0137. The Morgan fingerprint density at radius 3 is 2.64 bits per heavy atom. The number of carbonyl (C=O) groups excluding carboxylic acids is 1. The molecule has 4 rings (SSSR count). The predicted molar refractivity (Wildman–Crippen MR) is 108 cm³/mol. The zero-order valence-corrected chi connectivity index (χ0v) is 15.3. The van der Waals surface area contributed by atoms with Gasteiger partial charge in [0.15, 0.2) is 5.76 Å². The van der Waals surface area contributed by atoms with Gasteiger partial charge >= 0.3 is 0 Å². The number of hydrogen-bond acceptors (Lipinski definition) is 4. The topological polar surface area (TPSA) is 71.7 Å². The third-order valence-corrected chi connectivity index (χ3v) is 4.39. The minimum Gasteiger partial charge on any atom is -0.506 e. The third-order valence-electron chi connectivity index (χ3n) is 4.39. The molecule has 5 heteroatoms. The summed E-state index contributed by atoms with van der Waals surface area (Å²) in [4.78, 5) is 12.3. The van der Waals surface area contributed by atoms with Gasteiger partial charge in [0.1, 0.15) is 23.9 Å². The lowest BCUT2D eigenvalue weighted by molar-refractivity contribution is 0.0992. The van der Waals surface area contributed by atoms with E-state index in [0.717, 1.165) is 22.1 Å². The van der Waals surface area contributed by atoms with Crippen molar-refractivity contribution in [1.82, 2.24) is 0 Å². The van der Waals surface area contributed by atoms with Crippen LogP contribution in [-0.4, -0.2) is 11.0 Å². The van der Waals surface area contributed by atoms with E-state index in [4.69, 9.17) is 9.15 Å². The second-order valence-corrected chi connectivity index (χ2v) is 6.54. The molecule has 28 heavy (non-hydrogen) atoms. The van der Waals surface area contributed by atoms with Crippen LogP contribution in [0.5, 0.6) is 11.5 Å². The number of hydrogen-bond donors (Lipinski definition) is 2. The van der Waals surface area contributed by atoms with E-state index < -0.39 is 5.91 Å². The van der Waals surface area contributed by atoms with Crippen molar-refractivity contribution in [3.63, 3.8) is 0 Å². The van der Waals surface area contributed by atoms with Crippen molar-refractivity contribution >= 4 is 22.4 Å². The second kappa shape index (κ2) is 7.48. The van der Waals surface area contributed by atoms with E-state index in [1.165, 1.54) is 0 Å². The number of phenols is 1. The van der Waals surface area contributed by atoms with E-state index in [0.29, 0.717) is 11.4 Å². The fourth-order valence-electron chi connectivity index (χ4n) is 2.92. The van der Waals surface area contributed by atoms with Crippen molar-refractivity contribution in [2.75, 3.05) is 5.32 Å². The number of aryl methyl sites for hydroxylation is 1. The lowest BCUT2D eigenvalue weighted by Crippen LogP contribution is -2.11. The van der Waals surface area contributed by atoms with E-state index in [1.807, 2.05) is 49.4 Å². The highest BCUT2D eigenvalue weighted by molar-refractivity contribution is 6.03. The van der Waals surface area contributed by atoms with Gasteiger partial charge in [0.2, 0.25) is 0 Å². The fraction of sp³-hybridized carbons (Fsp3) is 0.0870. The number of nitrogens with one attached hydrogen (secondary N) is 1. The number of benzene rings is 3. The van der Waals surface area contributed by atoms with Gasteiger partial charge in [0.25, 0.3) is 5.91 Å². The average molecular weight is 373 g/mol. The highest BCUT2D eigenvalue weighted by atomic mass is 16.5. The summed E-state index contributed by atoms with van der Waals surface area (Å²) in [6.07, 6.45) is 0. The van der Waals surface area contributed by atoms with Gasteiger partial charge in [-0.15, -0.1) is 0 Å². The molecule has 3 aromatic carbocycles. The quantitative estimate of drug-likeness (QED) is 0.467. The number of ether oxygens (including phenoxy) is 1. The lowest BCUT2D eigenvalue weighted by atomic mass is 10.1. The van der Waals surface area contributed by atoms with Crippen LogP contribution in [0.15, 0.2) is 77.2 Å². The van der Waals surface area contributed by atoms with Crippen LogP contribution in [0, 0.1) is 6.92 Å². The Labute approximate surface area is 162 Å². The van der Waals surface area contributed by atoms with Crippen molar-refractivity contribution < 1.29 is 19.1 Å². The van der Waals surface area contributed by atoms with Gasteiger partial charge in [-0.05, 0) is 59.7 Å². The van der Waals surface area contributed by atoms with Gasteiger partial charge in [-0.25, -0.2) is 0 Å². The molecule has 4 aromatic rings. The molecule has 0 saturated carbocycles. The average Bonchev–Trinajstić information content (AvgIpc) is 3.17. The summed E-state index contributed by atoms with van der Waals surface area (Å²) in [6.45, 7) is 2.07. The first kappa shape index (κ1) is 17.7. The number of fused-ring (bicyclic) bond motifs is 1. The first-order valence-corrected chi connectivity index (χ1v) is 8.90. The lowest BCUT2D eigenvalue weighted by Gasteiger charge is -2.07. The summed E-state index contributed by atoms with van der Waals surface area (Å²) in [5.74, 6) is 0.991. The fourth-order valence-corrected chi connectivity index (χ4v) is 2.92. The number of amides is 1. The number of aromatic hydroxyl groups is 1. The third kappa shape index (κ3) is 3.83. The molecular weight excluding hydrogens is 354 g/mol. The SMILES string of the molecule is Cc1ccc(NC(=O)c2ccc(COc3ccc4ccccc4c3)o2)c(O)c1. The molecule has 0 radical (unpaired) electrons. The largest absolute Gasteiger partial charge is 0.506 e. The van der Waals surface area contributed by atoms with Crippen LogP contribution in [0.1, 0.15) is 21.9 Å². The number of rotatable bonds is 5. The molecule has 140 valence electrons. The molecule has 1 amide bonds. The maximum atomic E-state index is 12.3. The molecule has 0 aliphatic carbocycles. The zero-order valence-electron chi connectivity index (χ0n) is 15.3. The monoisotopic (exact) mass is 373 g/mol. The molecule has 5 nitrogen and oxygen atoms in total. The Morgan fingerprint density at radius 1 is 1.00 bits per heavy atom. The van der Waals surface area contributed by atoms with E-state index in [9.17, 15) is 9.90 Å². The number of phenolic OH excluding ortho intramolecular Hbond substituents is 1. The van der Waals surface area contributed by atoms with Crippen LogP contribution in [0.2, 0.25) is 0 Å². The number of anilines is 1. The van der Waals surface area contributed by atoms with Crippen molar-refractivity contribution in [2.24, 2.45) is 0 Å². The summed E-state index contributed by atoms with van der Waals surface area (Å²) in [6, 6.07) is 22.2. The van der Waals surface area contributed by atoms with Crippen LogP contribution in [0.4, 0.5) is 5.69 Å². The molecule has 0 aliphatic rings. The molecule has 0 unspecified atom stereocenters. The van der Waals surface area contributed by atoms with Crippen LogP contribution in [0.3, 0.4) is 0 Å². The van der Waals surface area contributed by atoms with Gasteiger partial charge in [-0.2, -0.15) is 0 Å². The summed E-state index contributed by atoms with van der Waals surface area (Å²) >= 11 is 0. The molecule has 0 saturated heterocycles. The highest BCUT2D eigenvalue weighted by Gasteiger charge is 2.14. The molecule has 1 heterocycles. The second-order valence-electron chi connectivity index (χ2n) is 6.54. The first-order chi connectivity index (χ1) is 13.6. The van der Waals surface area contributed by atoms with Crippen LogP contribution in [-0.2, 0) is 6.61 Å². The van der Waals surface area contributed by atoms with Crippen LogP contribution < -0.4 is 10.1 Å². The summed E-state index contributed by atoms with van der Waals surface area (Å²) in [5.41, 5.74) is 1.24. The normalized spacial score (nSPS) is 10.8. The Hall–Kier alpha value is -3.73. The molecule has 2 N–H and O–H groups in total. The number of furan rings is 1. The van der Waals surface area contributed by atoms with Gasteiger partial charge in [0.05, 0.1) is 5.69 Å². The molecule has 0 aliphatic heterocycles. The zero-order chi connectivity index (χ0) is 19.5. The maximum absolute atomic E-state index is 12.3. The maximum Gasteiger partial charge on any atom is 0.291 e. The van der Waals surface area contributed by atoms with Crippen molar-refractivity contribution in [3.05, 3.63) is 89.9 Å². The van der Waals surface area contributed by atoms with Crippen LogP contribution in [0.25, 0.3) is 10.8 Å². The Morgan fingerprint density at radius 2 is 1.82 bits per heavy atom. The molecule has 0 atom stereocenters. The minimum atomic E-state index is -0.434. The summed E-state index contributed by atoms with van der Waals surface area (Å²) in [5, 5.41) is 14.8. The van der Waals surface area contributed by atoms with Gasteiger partial charge in [-0.3, -0.25) is 4.79 Å². The van der Waals surface area contributed by atoms with Crippen molar-refractivity contribution in [3.8, 4) is 11.5 Å². The standard InChI is InChI=1S/C23H19NO4/c1-15-6-10-20(21(25)12-15)24-23(26)22-11-9-19(28-22)14-27-18-8-7-16-4-2-3-5-17(16)13-18/h2-13,25H,14H2,1H3,(H,24,26). The van der Waals surface area contributed by atoms with Gasteiger partial charge in [0, 0.05) is 0 Å². The van der Waals surface area contributed by atoms with E-state index in [1.54, 1.807) is 30.3 Å². The number of carbonyl (C=O) groups is 1. The van der Waals surface area contributed by atoms with Crippen LogP contribution >= 0.6 is 0 Å². The van der Waals surface area contributed by atoms with E-state index in [2.05, 4.69) is 5.32 Å². The Balaban J connectivity index is 1.41. The van der Waals surface area contributed by atoms with Crippen molar-refractivity contribution in [2.45, 2.75) is 13.5 Å². The van der Waals surface area contributed by atoms with E-state index >= 15 is 0 Å². The highest BCUT2D eigenvalue weighted by Crippen LogP contribution is 2.25. The molecule has 0 spiro atoms. The molecule has 0 fully saturated rings. The Kier molecular flexibility index (Phi) is 4.72. The van der Waals surface area contributed by atoms with Gasteiger partial charge in [-0.1, -0.05) is 36.4 Å². The van der Waals surface area contributed by atoms with Gasteiger partial charge < -0.3 is 19.6 Å². The molecular formula is C23H19NO4. The Bertz CT molecular complexity index is 1150. The summed E-state index contributed by atoms with van der Waals surface area (Å²) in [7, 11) is 0.